The van der Waals surface area contributed by atoms with E-state index in [0.29, 0.717) is 6.54 Å². The van der Waals surface area contributed by atoms with Gasteiger partial charge >= 0.3 is 0 Å². The van der Waals surface area contributed by atoms with Crippen molar-refractivity contribution in [2.75, 3.05) is 0 Å². The highest BCUT2D eigenvalue weighted by molar-refractivity contribution is 5.67. The van der Waals surface area contributed by atoms with Crippen molar-refractivity contribution in [2.45, 2.75) is 6.54 Å². The van der Waals surface area contributed by atoms with E-state index in [2.05, 4.69) is 0 Å². The zero-order valence-corrected chi connectivity index (χ0v) is 8.28. The Labute approximate surface area is 88.4 Å². The standard InChI is InChI=1S/C13H12FN/c14-12-6-7-13(11(8-12)9-15)10-4-2-1-3-5-10/h1-8H,9,15H2. The van der Waals surface area contributed by atoms with E-state index in [0.717, 1.165) is 16.7 Å². The highest BCUT2D eigenvalue weighted by atomic mass is 19.1. The second-order valence-electron chi connectivity index (χ2n) is 3.37. The van der Waals surface area contributed by atoms with Crippen molar-refractivity contribution in [2.24, 2.45) is 5.73 Å². The average Bonchev–Trinajstić information content (AvgIpc) is 2.30. The Morgan fingerprint density at radius 1 is 1.00 bits per heavy atom. The van der Waals surface area contributed by atoms with Crippen LogP contribution in [0.1, 0.15) is 5.56 Å². The van der Waals surface area contributed by atoms with Crippen LogP contribution in [0.15, 0.2) is 48.5 Å². The lowest BCUT2D eigenvalue weighted by Gasteiger charge is -2.07. The van der Waals surface area contributed by atoms with Gasteiger partial charge in [0.1, 0.15) is 5.82 Å². The predicted molar refractivity (Wildman–Crippen MR) is 59.7 cm³/mol. The molecule has 0 aliphatic rings. The Hall–Kier alpha value is -1.67. The summed E-state index contributed by atoms with van der Waals surface area (Å²) in [7, 11) is 0. The molecule has 0 saturated carbocycles. The fourth-order valence-corrected chi connectivity index (χ4v) is 1.63. The van der Waals surface area contributed by atoms with Gasteiger partial charge in [0, 0.05) is 6.54 Å². The van der Waals surface area contributed by atoms with Crippen molar-refractivity contribution < 1.29 is 4.39 Å². The third-order valence-corrected chi connectivity index (χ3v) is 2.37. The molecule has 0 amide bonds. The largest absolute Gasteiger partial charge is 0.326 e. The molecule has 15 heavy (non-hydrogen) atoms. The molecule has 1 nitrogen and oxygen atoms in total. The molecule has 0 aliphatic carbocycles. The van der Waals surface area contributed by atoms with E-state index < -0.39 is 0 Å². The van der Waals surface area contributed by atoms with Crippen molar-refractivity contribution >= 4 is 0 Å². The first-order chi connectivity index (χ1) is 7.31. The monoisotopic (exact) mass is 201 g/mol. The second-order valence-corrected chi connectivity index (χ2v) is 3.37. The van der Waals surface area contributed by atoms with Crippen molar-refractivity contribution in [3.63, 3.8) is 0 Å². The summed E-state index contributed by atoms with van der Waals surface area (Å²) in [6.45, 7) is 0.349. The van der Waals surface area contributed by atoms with E-state index in [1.165, 1.54) is 12.1 Å². The lowest BCUT2D eigenvalue weighted by atomic mass is 10.00. The maximum atomic E-state index is 13.0. The van der Waals surface area contributed by atoms with Crippen LogP contribution in [0.3, 0.4) is 0 Å². The molecule has 2 N–H and O–H groups in total. The summed E-state index contributed by atoms with van der Waals surface area (Å²) in [6.07, 6.45) is 0. The van der Waals surface area contributed by atoms with Gasteiger partial charge in [-0.1, -0.05) is 36.4 Å². The van der Waals surface area contributed by atoms with Crippen molar-refractivity contribution in [1.29, 1.82) is 0 Å². The normalized spacial score (nSPS) is 10.3. The Balaban J connectivity index is 2.53. The van der Waals surface area contributed by atoms with Gasteiger partial charge < -0.3 is 5.73 Å². The van der Waals surface area contributed by atoms with Crippen LogP contribution in [0.5, 0.6) is 0 Å². The Morgan fingerprint density at radius 3 is 2.40 bits per heavy atom. The first-order valence-corrected chi connectivity index (χ1v) is 4.85. The van der Waals surface area contributed by atoms with Crippen molar-refractivity contribution in [1.82, 2.24) is 0 Å². The molecule has 2 aromatic carbocycles. The summed E-state index contributed by atoms with van der Waals surface area (Å²) in [5.74, 6) is -0.241. The third kappa shape index (κ3) is 2.05. The Kier molecular flexibility index (Phi) is 2.79. The number of hydrogen-bond acceptors (Lipinski definition) is 1. The van der Waals surface area contributed by atoms with Crippen LogP contribution in [0.2, 0.25) is 0 Å². The predicted octanol–water partition coefficient (Wildman–Crippen LogP) is 2.95. The molecule has 0 bridgehead atoms. The van der Waals surface area contributed by atoms with Crippen LogP contribution in [-0.2, 0) is 6.54 Å². The van der Waals surface area contributed by atoms with Gasteiger partial charge in [-0.2, -0.15) is 0 Å². The molecular formula is C13H12FN. The maximum Gasteiger partial charge on any atom is 0.123 e. The summed E-state index contributed by atoms with van der Waals surface area (Å²) < 4.78 is 13.0. The van der Waals surface area contributed by atoms with Crippen LogP contribution in [0.25, 0.3) is 11.1 Å². The molecule has 0 aliphatic heterocycles. The van der Waals surface area contributed by atoms with Crippen LogP contribution < -0.4 is 5.73 Å². The fourth-order valence-electron chi connectivity index (χ4n) is 1.63. The molecule has 0 fully saturated rings. The second kappa shape index (κ2) is 4.24. The lowest BCUT2D eigenvalue weighted by molar-refractivity contribution is 0.625. The molecule has 0 radical (unpaired) electrons. The first-order valence-electron chi connectivity index (χ1n) is 4.85. The number of nitrogens with two attached hydrogens (primary N) is 1. The molecule has 0 unspecified atom stereocenters. The van der Waals surface area contributed by atoms with Gasteiger partial charge in [0.05, 0.1) is 0 Å². The van der Waals surface area contributed by atoms with E-state index in [4.69, 9.17) is 5.73 Å². The number of rotatable bonds is 2. The molecule has 2 heteroatoms. The molecule has 0 spiro atoms. The van der Waals surface area contributed by atoms with Gasteiger partial charge in [0.25, 0.3) is 0 Å². The van der Waals surface area contributed by atoms with E-state index >= 15 is 0 Å². The van der Waals surface area contributed by atoms with E-state index in [1.807, 2.05) is 30.3 Å². The van der Waals surface area contributed by atoms with Gasteiger partial charge in [0.15, 0.2) is 0 Å². The quantitative estimate of drug-likeness (QED) is 0.794. The van der Waals surface area contributed by atoms with Crippen LogP contribution in [0.4, 0.5) is 4.39 Å². The molecule has 2 rings (SSSR count). The number of halogens is 1. The smallest absolute Gasteiger partial charge is 0.123 e. The summed E-state index contributed by atoms with van der Waals surface area (Å²) in [4.78, 5) is 0. The van der Waals surface area contributed by atoms with E-state index in [-0.39, 0.29) is 5.82 Å². The van der Waals surface area contributed by atoms with Gasteiger partial charge in [0.2, 0.25) is 0 Å². The topological polar surface area (TPSA) is 26.0 Å². The minimum Gasteiger partial charge on any atom is -0.326 e. The average molecular weight is 201 g/mol. The van der Waals surface area contributed by atoms with Crippen molar-refractivity contribution in [3.8, 4) is 11.1 Å². The summed E-state index contributed by atoms with van der Waals surface area (Å²) >= 11 is 0. The Morgan fingerprint density at radius 2 is 1.73 bits per heavy atom. The molecule has 0 atom stereocenters. The zero-order chi connectivity index (χ0) is 10.7. The maximum absolute atomic E-state index is 13.0. The van der Waals surface area contributed by atoms with E-state index in [1.54, 1.807) is 6.07 Å². The van der Waals surface area contributed by atoms with Gasteiger partial charge in [-0.25, -0.2) is 4.39 Å². The molecule has 2 aromatic rings. The van der Waals surface area contributed by atoms with Crippen LogP contribution >= 0.6 is 0 Å². The van der Waals surface area contributed by atoms with Gasteiger partial charge in [-0.15, -0.1) is 0 Å². The van der Waals surface area contributed by atoms with Crippen molar-refractivity contribution in [3.05, 3.63) is 59.9 Å². The molecule has 0 heterocycles. The summed E-state index contributed by atoms with van der Waals surface area (Å²) in [6, 6.07) is 14.6. The zero-order valence-electron chi connectivity index (χ0n) is 8.28. The minimum atomic E-state index is -0.241. The summed E-state index contributed by atoms with van der Waals surface area (Å²) in [5, 5.41) is 0. The summed E-state index contributed by atoms with van der Waals surface area (Å²) in [5.41, 5.74) is 8.49. The van der Waals surface area contributed by atoms with Gasteiger partial charge in [-0.05, 0) is 28.8 Å². The lowest BCUT2D eigenvalue weighted by Crippen LogP contribution is -1.99. The first kappa shape index (κ1) is 9.87. The highest BCUT2D eigenvalue weighted by Crippen LogP contribution is 2.23. The van der Waals surface area contributed by atoms with E-state index in [9.17, 15) is 4.39 Å². The third-order valence-electron chi connectivity index (χ3n) is 2.37. The molecule has 0 aromatic heterocycles. The SMILES string of the molecule is NCc1cc(F)ccc1-c1ccccc1. The molecular weight excluding hydrogens is 189 g/mol. The molecule has 76 valence electrons. The number of benzene rings is 2. The minimum absolute atomic E-state index is 0.241. The fraction of sp³-hybridized carbons (Fsp3) is 0.0769. The van der Waals surface area contributed by atoms with Crippen LogP contribution in [-0.4, -0.2) is 0 Å². The highest BCUT2D eigenvalue weighted by Gasteiger charge is 2.04. The Bertz CT molecular complexity index is 451. The molecule has 0 saturated heterocycles. The van der Waals surface area contributed by atoms with Gasteiger partial charge in [-0.3, -0.25) is 0 Å². The van der Waals surface area contributed by atoms with Crippen LogP contribution in [0, 0.1) is 5.82 Å². The number of hydrogen-bond donors (Lipinski definition) is 1.